The molecule has 0 saturated carbocycles. The lowest BCUT2D eigenvalue weighted by Gasteiger charge is -2.31. The van der Waals surface area contributed by atoms with E-state index in [0.717, 1.165) is 6.54 Å². The van der Waals surface area contributed by atoms with Crippen molar-refractivity contribution in [3.8, 4) is 11.1 Å². The van der Waals surface area contributed by atoms with Gasteiger partial charge in [0.2, 0.25) is 0 Å². The molecule has 0 bridgehead atoms. The van der Waals surface area contributed by atoms with Gasteiger partial charge in [-0.2, -0.15) is 0 Å². The van der Waals surface area contributed by atoms with Crippen molar-refractivity contribution >= 4 is 0 Å². The van der Waals surface area contributed by atoms with Crippen molar-refractivity contribution in [2.45, 2.75) is 59.0 Å². The third kappa shape index (κ3) is 4.68. The van der Waals surface area contributed by atoms with Gasteiger partial charge in [0.05, 0.1) is 0 Å². The second-order valence-corrected chi connectivity index (χ2v) is 7.07. The first-order valence-electron chi connectivity index (χ1n) is 8.90. The normalized spacial score (nSPS) is 13.0. The minimum atomic E-state index is 0.561. The summed E-state index contributed by atoms with van der Waals surface area (Å²) in [6.07, 6.45) is 1.19. The van der Waals surface area contributed by atoms with Crippen LogP contribution in [0.15, 0.2) is 54.6 Å². The smallest absolute Gasteiger partial charge is 0.00412 e. The highest BCUT2D eigenvalue weighted by molar-refractivity contribution is 5.67. The van der Waals surface area contributed by atoms with Crippen molar-refractivity contribution < 1.29 is 0 Å². The Morgan fingerprint density at radius 1 is 0.739 bits per heavy atom. The van der Waals surface area contributed by atoms with Gasteiger partial charge in [-0.3, -0.25) is 4.90 Å². The van der Waals surface area contributed by atoms with E-state index in [-0.39, 0.29) is 0 Å². The minimum Gasteiger partial charge on any atom is -0.299 e. The largest absolute Gasteiger partial charge is 0.299 e. The van der Waals surface area contributed by atoms with E-state index in [1.54, 1.807) is 0 Å². The van der Waals surface area contributed by atoms with Crippen molar-refractivity contribution in [2.75, 3.05) is 6.54 Å². The molecule has 2 aromatic rings. The monoisotopic (exact) mass is 309 g/mol. The van der Waals surface area contributed by atoms with Crippen molar-refractivity contribution in [3.05, 3.63) is 60.2 Å². The van der Waals surface area contributed by atoms with E-state index in [1.165, 1.54) is 23.1 Å². The predicted octanol–water partition coefficient (Wildman–Crippen LogP) is 5.97. The summed E-state index contributed by atoms with van der Waals surface area (Å²) in [5.74, 6) is 0.561. The maximum atomic E-state index is 2.58. The van der Waals surface area contributed by atoms with Crippen molar-refractivity contribution in [1.82, 2.24) is 4.90 Å². The molecule has 2 rings (SSSR count). The highest BCUT2D eigenvalue weighted by Crippen LogP contribution is 2.31. The van der Waals surface area contributed by atoms with E-state index in [0.29, 0.717) is 18.0 Å². The molecule has 0 amide bonds. The molecule has 0 radical (unpaired) electrons. The van der Waals surface area contributed by atoms with E-state index < -0.39 is 0 Å². The van der Waals surface area contributed by atoms with Gasteiger partial charge in [-0.25, -0.2) is 0 Å². The molecule has 124 valence electrons. The highest BCUT2D eigenvalue weighted by atomic mass is 15.2. The topological polar surface area (TPSA) is 3.24 Å². The lowest BCUT2D eigenvalue weighted by Crippen LogP contribution is -2.38. The zero-order valence-corrected chi connectivity index (χ0v) is 15.3. The lowest BCUT2D eigenvalue weighted by atomic mass is 9.89. The molecule has 0 saturated heterocycles. The fourth-order valence-corrected chi connectivity index (χ4v) is 3.42. The molecule has 0 N–H and O–H groups in total. The Labute approximate surface area is 142 Å². The van der Waals surface area contributed by atoms with Gasteiger partial charge >= 0.3 is 0 Å². The average Bonchev–Trinajstić information content (AvgIpc) is 2.55. The third-order valence-corrected chi connectivity index (χ3v) is 4.72. The molecule has 0 heterocycles. The van der Waals surface area contributed by atoms with Crippen molar-refractivity contribution in [1.29, 1.82) is 0 Å². The Morgan fingerprint density at radius 2 is 1.30 bits per heavy atom. The SMILES string of the molecule is CC(CCN(C(C)C)C(C)C)c1ccccc1-c1ccccc1. The fraction of sp³-hybridized carbons (Fsp3) is 0.455. The quantitative estimate of drug-likeness (QED) is 0.609. The van der Waals surface area contributed by atoms with E-state index in [2.05, 4.69) is 94.1 Å². The van der Waals surface area contributed by atoms with Crippen LogP contribution < -0.4 is 0 Å². The molecule has 0 fully saturated rings. The summed E-state index contributed by atoms with van der Waals surface area (Å²) < 4.78 is 0. The van der Waals surface area contributed by atoms with Crippen molar-refractivity contribution in [2.24, 2.45) is 0 Å². The van der Waals surface area contributed by atoms with E-state index in [4.69, 9.17) is 0 Å². The Balaban J connectivity index is 2.16. The molecule has 0 aliphatic rings. The van der Waals surface area contributed by atoms with Gasteiger partial charge in [-0.05, 0) is 63.3 Å². The first-order valence-corrected chi connectivity index (χ1v) is 8.90. The second kappa shape index (κ2) is 8.31. The van der Waals surface area contributed by atoms with Gasteiger partial charge in [0.15, 0.2) is 0 Å². The summed E-state index contributed by atoms with van der Waals surface area (Å²) in [6.45, 7) is 12.7. The summed E-state index contributed by atoms with van der Waals surface area (Å²) in [6, 6.07) is 20.8. The number of benzene rings is 2. The van der Waals surface area contributed by atoms with Gasteiger partial charge in [0.25, 0.3) is 0 Å². The summed E-state index contributed by atoms with van der Waals surface area (Å²) in [5, 5.41) is 0. The van der Waals surface area contributed by atoms with Crippen LogP contribution in [0.2, 0.25) is 0 Å². The number of hydrogen-bond donors (Lipinski definition) is 0. The van der Waals surface area contributed by atoms with E-state index >= 15 is 0 Å². The summed E-state index contributed by atoms with van der Waals surface area (Å²) in [5.41, 5.74) is 4.16. The van der Waals surface area contributed by atoms with Crippen LogP contribution in [0.4, 0.5) is 0 Å². The van der Waals surface area contributed by atoms with Crippen LogP contribution in [-0.2, 0) is 0 Å². The van der Waals surface area contributed by atoms with Crippen LogP contribution >= 0.6 is 0 Å². The molecule has 1 unspecified atom stereocenters. The summed E-state index contributed by atoms with van der Waals surface area (Å²) >= 11 is 0. The second-order valence-electron chi connectivity index (χ2n) is 7.07. The van der Waals surface area contributed by atoms with Crippen molar-refractivity contribution in [3.63, 3.8) is 0 Å². The fourth-order valence-electron chi connectivity index (χ4n) is 3.42. The predicted molar refractivity (Wildman–Crippen MR) is 102 cm³/mol. The van der Waals surface area contributed by atoms with Gasteiger partial charge in [0, 0.05) is 12.1 Å². The first-order chi connectivity index (χ1) is 11.0. The summed E-state index contributed by atoms with van der Waals surface area (Å²) in [7, 11) is 0. The standard InChI is InChI=1S/C22H31N/c1-17(2)23(18(3)4)16-15-19(5)21-13-9-10-14-22(21)20-11-7-6-8-12-20/h6-14,17-19H,15-16H2,1-5H3. The van der Waals surface area contributed by atoms with Crippen LogP contribution in [0, 0.1) is 0 Å². The van der Waals surface area contributed by atoms with E-state index in [9.17, 15) is 0 Å². The molecule has 1 nitrogen and oxygen atoms in total. The molecular weight excluding hydrogens is 278 g/mol. The van der Waals surface area contributed by atoms with Gasteiger partial charge in [-0.15, -0.1) is 0 Å². The van der Waals surface area contributed by atoms with Crippen LogP contribution in [0.5, 0.6) is 0 Å². The highest BCUT2D eigenvalue weighted by Gasteiger charge is 2.17. The number of hydrogen-bond acceptors (Lipinski definition) is 1. The molecular formula is C22H31N. The minimum absolute atomic E-state index is 0.561. The zero-order valence-electron chi connectivity index (χ0n) is 15.3. The lowest BCUT2D eigenvalue weighted by molar-refractivity contribution is 0.169. The zero-order chi connectivity index (χ0) is 16.8. The maximum Gasteiger partial charge on any atom is 0.00412 e. The third-order valence-electron chi connectivity index (χ3n) is 4.72. The molecule has 1 atom stereocenters. The Morgan fingerprint density at radius 3 is 1.91 bits per heavy atom. The molecule has 23 heavy (non-hydrogen) atoms. The number of rotatable bonds is 7. The van der Waals surface area contributed by atoms with E-state index in [1.807, 2.05) is 0 Å². The Kier molecular flexibility index (Phi) is 6.41. The molecule has 0 aliphatic heterocycles. The first kappa shape index (κ1) is 17.7. The number of nitrogens with zero attached hydrogens (tertiary/aromatic N) is 1. The summed E-state index contributed by atoms with van der Waals surface area (Å²) in [4.78, 5) is 2.58. The van der Waals surface area contributed by atoms with Crippen LogP contribution in [0.3, 0.4) is 0 Å². The average molecular weight is 309 g/mol. The molecule has 1 heteroatoms. The molecule has 0 aliphatic carbocycles. The van der Waals surface area contributed by atoms with Gasteiger partial charge in [0.1, 0.15) is 0 Å². The Hall–Kier alpha value is -1.60. The van der Waals surface area contributed by atoms with Crippen LogP contribution in [0.25, 0.3) is 11.1 Å². The molecule has 0 spiro atoms. The van der Waals surface area contributed by atoms with Crippen LogP contribution in [-0.4, -0.2) is 23.5 Å². The molecule has 2 aromatic carbocycles. The molecule has 0 aromatic heterocycles. The Bertz CT molecular complexity index is 578. The van der Waals surface area contributed by atoms with Gasteiger partial charge < -0.3 is 0 Å². The van der Waals surface area contributed by atoms with Crippen LogP contribution in [0.1, 0.15) is 52.5 Å². The maximum absolute atomic E-state index is 2.58. The van der Waals surface area contributed by atoms with Gasteiger partial charge in [-0.1, -0.05) is 61.5 Å².